The van der Waals surface area contributed by atoms with Gasteiger partial charge in [-0.2, -0.15) is 0 Å². The third-order valence-electron chi connectivity index (χ3n) is 9.08. The van der Waals surface area contributed by atoms with E-state index >= 15 is 0 Å². The van der Waals surface area contributed by atoms with E-state index in [1.54, 1.807) is 7.11 Å². The predicted molar refractivity (Wildman–Crippen MR) is 180 cm³/mol. The van der Waals surface area contributed by atoms with Gasteiger partial charge in [-0.25, -0.2) is 0 Å². The van der Waals surface area contributed by atoms with Crippen LogP contribution in [0.25, 0.3) is 38.6 Å². The molecule has 208 valence electrons. The fourth-order valence-corrected chi connectivity index (χ4v) is 6.95. The van der Waals surface area contributed by atoms with Gasteiger partial charge in [0, 0.05) is 38.9 Å². The third-order valence-corrected chi connectivity index (χ3v) is 9.08. The second-order valence-electron chi connectivity index (χ2n) is 11.8. The minimum Gasteiger partial charge on any atom is -0.497 e. The van der Waals surface area contributed by atoms with Crippen molar-refractivity contribution in [3.63, 3.8) is 0 Å². The maximum absolute atomic E-state index is 5.45. The highest BCUT2D eigenvalue weighted by Gasteiger charge is 2.36. The van der Waals surface area contributed by atoms with Crippen molar-refractivity contribution in [3.8, 4) is 22.6 Å². The van der Waals surface area contributed by atoms with Crippen molar-refractivity contribution in [2.24, 2.45) is 0 Å². The van der Waals surface area contributed by atoms with Gasteiger partial charge in [0.15, 0.2) is 0 Å². The molecule has 0 bridgehead atoms. The summed E-state index contributed by atoms with van der Waals surface area (Å²) in [4.78, 5) is 2.32. The van der Waals surface area contributed by atoms with E-state index in [4.69, 9.17) is 4.74 Å². The van der Waals surface area contributed by atoms with Gasteiger partial charge in [0.1, 0.15) is 5.75 Å². The minimum absolute atomic E-state index is 0.169. The van der Waals surface area contributed by atoms with Crippen LogP contribution in [0.15, 0.2) is 140 Å². The van der Waals surface area contributed by atoms with Gasteiger partial charge in [-0.1, -0.05) is 80.6 Å². The molecule has 8 rings (SSSR count). The Morgan fingerprint density at radius 1 is 0.535 bits per heavy atom. The van der Waals surface area contributed by atoms with E-state index < -0.39 is 0 Å². The molecule has 3 heteroatoms. The molecule has 0 saturated heterocycles. The van der Waals surface area contributed by atoms with Crippen LogP contribution in [0.3, 0.4) is 0 Å². The fourth-order valence-electron chi connectivity index (χ4n) is 6.95. The van der Waals surface area contributed by atoms with Crippen molar-refractivity contribution < 1.29 is 4.74 Å². The lowest BCUT2D eigenvalue weighted by molar-refractivity contribution is 0.415. The Labute approximate surface area is 252 Å². The maximum atomic E-state index is 5.45. The average molecular weight is 557 g/mol. The molecule has 7 aromatic rings. The number of hydrogen-bond acceptors (Lipinski definition) is 2. The lowest BCUT2D eigenvalue weighted by atomic mass is 9.82. The summed E-state index contributed by atoms with van der Waals surface area (Å²) in [5.74, 6) is 0.848. The van der Waals surface area contributed by atoms with Gasteiger partial charge in [0.05, 0.1) is 18.1 Å². The summed E-state index contributed by atoms with van der Waals surface area (Å²) in [6, 6.07) is 50.2. The predicted octanol–water partition coefficient (Wildman–Crippen LogP) is 10.6. The highest BCUT2D eigenvalue weighted by molar-refractivity contribution is 6.09. The number of methoxy groups -OCH3 is 1. The number of para-hydroxylation sites is 3. The monoisotopic (exact) mass is 556 g/mol. The quantitative estimate of drug-likeness (QED) is 0.210. The summed E-state index contributed by atoms with van der Waals surface area (Å²) >= 11 is 0. The highest BCUT2D eigenvalue weighted by Crippen LogP contribution is 2.51. The standard InChI is InChI=1S/C40H32N2O/c1-40(2)36-25-29(41(27-11-5-4-6-12-27)28-17-21-31(43-3)22-18-28)19-23-32(36)33-24-20-30(26-37(33)40)42-38-15-9-7-13-34(38)35-14-8-10-16-39(35)42/h4-26H,1-3H3. The Bertz CT molecular complexity index is 2090. The van der Waals surface area contributed by atoms with Gasteiger partial charge in [0.2, 0.25) is 0 Å². The van der Waals surface area contributed by atoms with Crippen molar-refractivity contribution in [1.29, 1.82) is 0 Å². The molecule has 0 atom stereocenters. The lowest BCUT2D eigenvalue weighted by Gasteiger charge is -2.28. The smallest absolute Gasteiger partial charge is 0.119 e. The van der Waals surface area contributed by atoms with Crippen LogP contribution < -0.4 is 9.64 Å². The minimum atomic E-state index is -0.169. The van der Waals surface area contributed by atoms with Gasteiger partial charge in [0.25, 0.3) is 0 Å². The van der Waals surface area contributed by atoms with Crippen LogP contribution in [0.2, 0.25) is 0 Å². The first-order valence-corrected chi connectivity index (χ1v) is 14.8. The number of nitrogens with zero attached hydrogens (tertiary/aromatic N) is 2. The van der Waals surface area contributed by atoms with E-state index in [1.807, 2.05) is 12.1 Å². The van der Waals surface area contributed by atoms with Crippen LogP contribution in [-0.2, 0) is 5.41 Å². The zero-order valence-electron chi connectivity index (χ0n) is 24.6. The molecule has 1 aliphatic carbocycles. The molecule has 1 heterocycles. The van der Waals surface area contributed by atoms with Gasteiger partial charge in [-0.05, 0) is 95.1 Å². The topological polar surface area (TPSA) is 17.4 Å². The number of hydrogen-bond donors (Lipinski definition) is 0. The molecule has 43 heavy (non-hydrogen) atoms. The molecule has 0 aliphatic heterocycles. The molecule has 1 aliphatic rings. The molecular weight excluding hydrogens is 524 g/mol. The normalized spacial score (nSPS) is 13.2. The molecule has 0 unspecified atom stereocenters. The molecule has 0 N–H and O–H groups in total. The van der Waals surface area contributed by atoms with Gasteiger partial charge < -0.3 is 14.2 Å². The molecule has 3 nitrogen and oxygen atoms in total. The molecule has 0 spiro atoms. The zero-order chi connectivity index (χ0) is 29.1. The number of ether oxygens (including phenoxy) is 1. The van der Waals surface area contributed by atoms with E-state index in [0.717, 1.165) is 22.8 Å². The van der Waals surface area contributed by atoms with E-state index in [1.165, 1.54) is 49.7 Å². The molecule has 0 fully saturated rings. The number of anilines is 3. The van der Waals surface area contributed by atoms with E-state index in [-0.39, 0.29) is 5.41 Å². The van der Waals surface area contributed by atoms with Crippen molar-refractivity contribution in [2.45, 2.75) is 19.3 Å². The van der Waals surface area contributed by atoms with Crippen LogP contribution in [0, 0.1) is 0 Å². The Balaban J connectivity index is 1.27. The summed E-state index contributed by atoms with van der Waals surface area (Å²) in [5.41, 5.74) is 12.2. The molecular formula is C40H32N2O. The molecule has 6 aromatic carbocycles. The summed E-state index contributed by atoms with van der Waals surface area (Å²) in [6.07, 6.45) is 0. The Morgan fingerprint density at radius 2 is 1.07 bits per heavy atom. The van der Waals surface area contributed by atoms with Crippen molar-refractivity contribution in [1.82, 2.24) is 4.57 Å². The number of rotatable bonds is 5. The summed E-state index contributed by atoms with van der Waals surface area (Å²) < 4.78 is 7.86. The lowest BCUT2D eigenvalue weighted by Crippen LogP contribution is -2.17. The van der Waals surface area contributed by atoms with Crippen molar-refractivity contribution >= 4 is 38.9 Å². The first-order valence-electron chi connectivity index (χ1n) is 14.8. The van der Waals surface area contributed by atoms with Crippen LogP contribution in [0.4, 0.5) is 17.1 Å². The first kappa shape index (κ1) is 25.4. The summed E-state index contributed by atoms with van der Waals surface area (Å²) in [6.45, 7) is 4.72. The van der Waals surface area contributed by atoms with Gasteiger partial charge >= 0.3 is 0 Å². The average Bonchev–Trinajstić information content (AvgIpc) is 3.50. The first-order chi connectivity index (χ1) is 21.0. The van der Waals surface area contributed by atoms with Gasteiger partial charge in [-0.3, -0.25) is 0 Å². The third kappa shape index (κ3) is 3.89. The van der Waals surface area contributed by atoms with E-state index in [2.05, 4.69) is 151 Å². The van der Waals surface area contributed by atoms with Crippen molar-refractivity contribution in [3.05, 3.63) is 151 Å². The van der Waals surface area contributed by atoms with Crippen LogP contribution in [0.5, 0.6) is 5.75 Å². The largest absolute Gasteiger partial charge is 0.497 e. The van der Waals surface area contributed by atoms with Crippen molar-refractivity contribution in [2.75, 3.05) is 12.0 Å². The van der Waals surface area contributed by atoms with Crippen LogP contribution in [0.1, 0.15) is 25.0 Å². The SMILES string of the molecule is COc1ccc(N(c2ccccc2)c2ccc3c(c2)C(C)(C)c2cc(-n4c5ccccc5c5ccccc54)ccc2-3)cc1. The van der Waals surface area contributed by atoms with Crippen LogP contribution >= 0.6 is 0 Å². The fraction of sp³-hybridized carbons (Fsp3) is 0.100. The van der Waals surface area contributed by atoms with Gasteiger partial charge in [-0.15, -0.1) is 0 Å². The number of aromatic nitrogens is 1. The number of benzene rings is 6. The second kappa shape index (κ2) is 9.64. The Kier molecular flexibility index (Phi) is 5.70. The molecule has 1 aromatic heterocycles. The Morgan fingerprint density at radius 3 is 1.72 bits per heavy atom. The summed E-state index contributed by atoms with van der Waals surface area (Å²) in [5, 5.41) is 2.57. The second-order valence-corrected chi connectivity index (χ2v) is 11.8. The Hall–Kier alpha value is -5.28. The highest BCUT2D eigenvalue weighted by atomic mass is 16.5. The van der Waals surface area contributed by atoms with E-state index in [0.29, 0.717) is 0 Å². The molecule has 0 radical (unpaired) electrons. The number of fused-ring (bicyclic) bond motifs is 6. The molecule has 0 saturated carbocycles. The summed E-state index contributed by atoms with van der Waals surface area (Å²) in [7, 11) is 1.71. The zero-order valence-corrected chi connectivity index (χ0v) is 24.6. The molecule has 0 amide bonds. The van der Waals surface area contributed by atoms with E-state index in [9.17, 15) is 0 Å². The maximum Gasteiger partial charge on any atom is 0.119 e. The van der Waals surface area contributed by atoms with Crippen LogP contribution in [-0.4, -0.2) is 11.7 Å².